The first kappa shape index (κ1) is 20.3. The summed E-state index contributed by atoms with van der Waals surface area (Å²) in [4.78, 5) is 12.6. The van der Waals surface area contributed by atoms with Crippen LogP contribution in [0.3, 0.4) is 0 Å². The van der Waals surface area contributed by atoms with Crippen molar-refractivity contribution in [2.75, 3.05) is 18.8 Å². The van der Waals surface area contributed by atoms with Gasteiger partial charge in [-0.15, -0.1) is 22.7 Å². The van der Waals surface area contributed by atoms with Crippen molar-refractivity contribution in [2.24, 2.45) is 0 Å². The van der Waals surface area contributed by atoms with Crippen molar-refractivity contribution in [3.05, 3.63) is 26.1 Å². The van der Waals surface area contributed by atoms with E-state index < -0.39 is 0 Å². The Bertz CT molecular complexity index is 784. The van der Waals surface area contributed by atoms with Crippen LogP contribution in [0.25, 0.3) is 0 Å². The number of hydrogen-bond donors (Lipinski definition) is 3. The molecule has 0 unspecified atom stereocenters. The standard InChI is InChI=1S/C21H33N5S2/c1-3-9-23-13-5-6-16-18(11-13)27-19(25-16)12-14-15(24-10-4-2)7-8-17-20(14)28-21(22)26-17/h13-15,23-24H,3-12H2,1-2H3,(H2,22,26)/t13-,14-,15+/m1/s1. The van der Waals surface area contributed by atoms with Gasteiger partial charge in [0.15, 0.2) is 5.13 Å². The SMILES string of the molecule is CCCN[C@@H]1CCc2nc(C[C@H]3c4sc(N)nc4CC[C@@H]3NCCC)sc2C1. The highest BCUT2D eigenvalue weighted by molar-refractivity contribution is 7.15. The summed E-state index contributed by atoms with van der Waals surface area (Å²) in [6, 6.07) is 1.13. The van der Waals surface area contributed by atoms with Gasteiger partial charge < -0.3 is 16.4 Å². The number of fused-ring (bicyclic) bond motifs is 2. The predicted octanol–water partition coefficient (Wildman–Crippen LogP) is 3.68. The van der Waals surface area contributed by atoms with Gasteiger partial charge in [0.25, 0.3) is 0 Å². The van der Waals surface area contributed by atoms with Crippen LogP contribution < -0.4 is 16.4 Å². The van der Waals surface area contributed by atoms with Crippen molar-refractivity contribution < 1.29 is 0 Å². The van der Waals surface area contributed by atoms with Crippen LogP contribution in [0.5, 0.6) is 0 Å². The lowest BCUT2D eigenvalue weighted by Crippen LogP contribution is -2.39. The van der Waals surface area contributed by atoms with Gasteiger partial charge >= 0.3 is 0 Å². The highest BCUT2D eigenvalue weighted by atomic mass is 32.1. The topological polar surface area (TPSA) is 75.9 Å². The van der Waals surface area contributed by atoms with Crippen molar-refractivity contribution in [1.29, 1.82) is 0 Å². The van der Waals surface area contributed by atoms with E-state index in [4.69, 9.17) is 10.7 Å². The quantitative estimate of drug-likeness (QED) is 0.608. The summed E-state index contributed by atoms with van der Waals surface area (Å²) in [7, 11) is 0. The second kappa shape index (κ2) is 9.20. The smallest absolute Gasteiger partial charge is 0.180 e. The summed E-state index contributed by atoms with van der Waals surface area (Å²) in [5.74, 6) is 0.451. The minimum Gasteiger partial charge on any atom is -0.375 e. The highest BCUT2D eigenvalue weighted by Crippen LogP contribution is 2.40. The van der Waals surface area contributed by atoms with Crippen LogP contribution in [0.2, 0.25) is 0 Å². The normalized spacial score (nSPS) is 24.1. The third-order valence-corrected chi connectivity index (χ3v) is 8.18. The average Bonchev–Trinajstić information content (AvgIpc) is 3.27. The maximum atomic E-state index is 6.06. The zero-order valence-corrected chi connectivity index (χ0v) is 18.7. The molecule has 2 aliphatic rings. The van der Waals surface area contributed by atoms with Crippen LogP contribution in [0, 0.1) is 0 Å². The summed E-state index contributed by atoms with van der Waals surface area (Å²) in [5, 5.41) is 9.50. The van der Waals surface area contributed by atoms with E-state index in [0.29, 0.717) is 18.0 Å². The van der Waals surface area contributed by atoms with E-state index >= 15 is 0 Å². The fourth-order valence-corrected chi connectivity index (χ4v) is 6.86. The average molecular weight is 420 g/mol. The Morgan fingerprint density at radius 2 is 1.79 bits per heavy atom. The first-order valence-corrected chi connectivity index (χ1v) is 12.5. The fourth-order valence-electron chi connectivity index (χ4n) is 4.56. The zero-order chi connectivity index (χ0) is 19.5. The monoisotopic (exact) mass is 419 g/mol. The highest BCUT2D eigenvalue weighted by Gasteiger charge is 2.33. The molecule has 2 heterocycles. The molecule has 2 aromatic rings. The molecule has 7 heteroatoms. The number of nitrogens with two attached hydrogens (primary N) is 1. The molecule has 0 aromatic carbocycles. The molecule has 0 amide bonds. The molecule has 0 bridgehead atoms. The number of aryl methyl sites for hydroxylation is 2. The third kappa shape index (κ3) is 4.42. The number of hydrogen-bond acceptors (Lipinski definition) is 7. The van der Waals surface area contributed by atoms with E-state index in [2.05, 4.69) is 29.5 Å². The molecule has 0 radical (unpaired) electrons. The minimum atomic E-state index is 0.451. The van der Waals surface area contributed by atoms with E-state index in [1.165, 1.54) is 45.4 Å². The van der Waals surface area contributed by atoms with Crippen molar-refractivity contribution in [2.45, 2.75) is 83.2 Å². The summed E-state index contributed by atoms with van der Waals surface area (Å²) < 4.78 is 0. The van der Waals surface area contributed by atoms with Crippen LogP contribution in [-0.4, -0.2) is 35.1 Å². The largest absolute Gasteiger partial charge is 0.375 e. The Hall–Kier alpha value is -1.02. The summed E-state index contributed by atoms with van der Waals surface area (Å²) in [5.41, 5.74) is 8.64. The van der Waals surface area contributed by atoms with Crippen molar-refractivity contribution in [3.8, 4) is 0 Å². The fraction of sp³-hybridized carbons (Fsp3) is 0.714. The minimum absolute atomic E-state index is 0.451. The molecule has 3 atom stereocenters. The molecule has 2 aliphatic carbocycles. The number of nitrogens with zero attached hydrogens (tertiary/aromatic N) is 2. The molecular weight excluding hydrogens is 386 g/mol. The van der Waals surface area contributed by atoms with E-state index in [1.807, 2.05) is 11.3 Å². The van der Waals surface area contributed by atoms with Gasteiger partial charge in [0.2, 0.25) is 0 Å². The Labute approximate surface area is 176 Å². The van der Waals surface area contributed by atoms with Crippen LogP contribution in [0.15, 0.2) is 0 Å². The van der Waals surface area contributed by atoms with Crippen LogP contribution in [0.4, 0.5) is 5.13 Å². The second-order valence-corrected chi connectivity index (χ2v) is 10.4. The number of nitrogens with one attached hydrogen (secondary N) is 2. The lowest BCUT2D eigenvalue weighted by atomic mass is 9.84. The molecular formula is C21H33N5S2. The Kier molecular flexibility index (Phi) is 6.66. The molecule has 28 heavy (non-hydrogen) atoms. The maximum absolute atomic E-state index is 6.06. The van der Waals surface area contributed by atoms with Crippen LogP contribution in [0.1, 0.15) is 71.6 Å². The van der Waals surface area contributed by atoms with Gasteiger partial charge in [-0.05, 0) is 58.0 Å². The maximum Gasteiger partial charge on any atom is 0.180 e. The first-order valence-electron chi connectivity index (χ1n) is 10.9. The van der Waals surface area contributed by atoms with Gasteiger partial charge in [-0.2, -0.15) is 0 Å². The van der Waals surface area contributed by atoms with Gasteiger partial charge in [-0.25, -0.2) is 9.97 Å². The molecule has 4 rings (SSSR count). The zero-order valence-electron chi connectivity index (χ0n) is 17.1. The number of nitrogen functional groups attached to an aromatic ring is 1. The van der Waals surface area contributed by atoms with E-state index in [1.54, 1.807) is 11.3 Å². The molecule has 4 N–H and O–H groups in total. The van der Waals surface area contributed by atoms with Gasteiger partial charge in [0, 0.05) is 34.2 Å². The van der Waals surface area contributed by atoms with E-state index in [9.17, 15) is 0 Å². The summed E-state index contributed by atoms with van der Waals surface area (Å²) in [6.07, 6.45) is 9.05. The molecule has 0 saturated carbocycles. The molecule has 2 aromatic heterocycles. The van der Waals surface area contributed by atoms with E-state index in [0.717, 1.165) is 50.3 Å². The lowest BCUT2D eigenvalue weighted by molar-refractivity contribution is 0.387. The van der Waals surface area contributed by atoms with Gasteiger partial charge in [-0.3, -0.25) is 0 Å². The summed E-state index contributed by atoms with van der Waals surface area (Å²) in [6.45, 7) is 6.66. The van der Waals surface area contributed by atoms with E-state index in [-0.39, 0.29) is 0 Å². The lowest BCUT2D eigenvalue weighted by Gasteiger charge is -2.31. The van der Waals surface area contributed by atoms with Gasteiger partial charge in [0.05, 0.1) is 16.4 Å². The van der Waals surface area contributed by atoms with Gasteiger partial charge in [-0.1, -0.05) is 13.8 Å². The van der Waals surface area contributed by atoms with Crippen LogP contribution in [-0.2, 0) is 25.7 Å². The molecule has 154 valence electrons. The predicted molar refractivity (Wildman–Crippen MR) is 120 cm³/mol. The van der Waals surface area contributed by atoms with Crippen molar-refractivity contribution in [3.63, 3.8) is 0 Å². The number of rotatable bonds is 8. The van der Waals surface area contributed by atoms with Crippen LogP contribution >= 0.6 is 22.7 Å². The summed E-state index contributed by atoms with van der Waals surface area (Å²) >= 11 is 3.64. The second-order valence-electron chi connectivity index (χ2n) is 8.14. The number of thiazole rings is 2. The van der Waals surface area contributed by atoms with Gasteiger partial charge in [0.1, 0.15) is 0 Å². The Morgan fingerprint density at radius 1 is 1.00 bits per heavy atom. The Balaban J connectivity index is 1.51. The van der Waals surface area contributed by atoms with Crippen molar-refractivity contribution >= 4 is 27.8 Å². The first-order chi connectivity index (χ1) is 13.7. The third-order valence-electron chi connectivity index (χ3n) is 5.98. The molecule has 0 saturated heterocycles. The molecule has 5 nitrogen and oxygen atoms in total. The number of aromatic nitrogens is 2. The van der Waals surface area contributed by atoms with Crippen molar-refractivity contribution in [1.82, 2.24) is 20.6 Å². The number of anilines is 1. The molecule has 0 fully saturated rings. The molecule has 0 aliphatic heterocycles. The molecule has 0 spiro atoms. The Morgan fingerprint density at radius 3 is 2.61 bits per heavy atom.